The molecule has 15 heavy (non-hydrogen) atoms. The molecule has 1 fully saturated rings. The molecule has 0 aromatic rings. The van der Waals surface area contributed by atoms with Gasteiger partial charge < -0.3 is 4.74 Å². The van der Waals surface area contributed by atoms with Crippen molar-refractivity contribution in [2.75, 3.05) is 0 Å². The van der Waals surface area contributed by atoms with Gasteiger partial charge in [-0.2, -0.15) is 0 Å². The number of rotatable bonds is 5. The van der Waals surface area contributed by atoms with E-state index in [0.717, 1.165) is 19.3 Å². The van der Waals surface area contributed by atoms with Crippen LogP contribution >= 0.6 is 11.6 Å². The summed E-state index contributed by atoms with van der Waals surface area (Å²) in [6, 6.07) is 0. The molecule has 1 aliphatic rings. The van der Waals surface area contributed by atoms with Crippen LogP contribution in [0, 0.1) is 5.92 Å². The third kappa shape index (κ3) is 5.21. The van der Waals surface area contributed by atoms with E-state index in [1.165, 1.54) is 12.8 Å². The van der Waals surface area contributed by atoms with Crippen molar-refractivity contribution >= 4 is 11.6 Å². The third-order valence-electron chi connectivity index (χ3n) is 3.08. The van der Waals surface area contributed by atoms with Crippen LogP contribution in [0.1, 0.15) is 59.8 Å². The van der Waals surface area contributed by atoms with Gasteiger partial charge in [0.1, 0.15) is 0 Å². The third-order valence-corrected chi connectivity index (χ3v) is 3.48. The van der Waals surface area contributed by atoms with E-state index >= 15 is 0 Å². The predicted molar refractivity (Wildman–Crippen MR) is 66.5 cm³/mol. The summed E-state index contributed by atoms with van der Waals surface area (Å²) in [6.07, 6.45) is 6.20. The maximum Gasteiger partial charge on any atom is 0.0631 e. The first-order valence-corrected chi connectivity index (χ1v) is 6.64. The van der Waals surface area contributed by atoms with Crippen molar-refractivity contribution < 1.29 is 4.74 Å². The van der Waals surface area contributed by atoms with Crippen LogP contribution < -0.4 is 0 Å². The van der Waals surface area contributed by atoms with Crippen molar-refractivity contribution in [3.63, 3.8) is 0 Å². The van der Waals surface area contributed by atoms with E-state index in [9.17, 15) is 0 Å². The highest BCUT2D eigenvalue weighted by atomic mass is 35.5. The van der Waals surface area contributed by atoms with Gasteiger partial charge in [-0.25, -0.2) is 0 Å². The number of alkyl halides is 1. The monoisotopic (exact) mass is 232 g/mol. The normalized spacial score (nSPS) is 27.2. The smallest absolute Gasteiger partial charge is 0.0631 e. The van der Waals surface area contributed by atoms with Crippen molar-refractivity contribution in [2.24, 2.45) is 5.92 Å². The highest BCUT2D eigenvalue weighted by molar-refractivity contribution is 6.20. The lowest BCUT2D eigenvalue weighted by Gasteiger charge is -2.20. The summed E-state index contributed by atoms with van der Waals surface area (Å²) in [4.78, 5) is 0. The number of halogens is 1. The topological polar surface area (TPSA) is 9.23 Å². The summed E-state index contributed by atoms with van der Waals surface area (Å²) in [6.45, 7) is 8.81. The molecule has 0 radical (unpaired) electrons. The van der Waals surface area contributed by atoms with Crippen LogP contribution in [-0.2, 0) is 4.74 Å². The van der Waals surface area contributed by atoms with Crippen LogP contribution in [0.2, 0.25) is 0 Å². The molecule has 1 saturated heterocycles. The molecule has 0 bridgehead atoms. The second-order valence-corrected chi connectivity index (χ2v) is 6.46. The minimum absolute atomic E-state index is 0.102. The van der Waals surface area contributed by atoms with E-state index in [4.69, 9.17) is 16.3 Å². The van der Waals surface area contributed by atoms with E-state index in [-0.39, 0.29) is 5.60 Å². The van der Waals surface area contributed by atoms with Crippen LogP contribution in [0.25, 0.3) is 0 Å². The van der Waals surface area contributed by atoms with Gasteiger partial charge in [0.15, 0.2) is 0 Å². The molecule has 2 atom stereocenters. The maximum atomic E-state index is 6.27. The standard InChI is InChI=1S/C13H25ClO/c1-10(2)9-11(14)5-6-12-7-8-13(3,4)15-12/h10-12H,5-9H2,1-4H3. The van der Waals surface area contributed by atoms with Crippen LogP contribution in [0.4, 0.5) is 0 Å². The zero-order chi connectivity index (χ0) is 11.5. The van der Waals surface area contributed by atoms with E-state index in [2.05, 4.69) is 27.7 Å². The van der Waals surface area contributed by atoms with Crippen molar-refractivity contribution in [3.05, 3.63) is 0 Å². The Kier molecular flexibility index (Phi) is 4.92. The molecule has 0 N–H and O–H groups in total. The lowest BCUT2D eigenvalue weighted by molar-refractivity contribution is -0.0190. The van der Waals surface area contributed by atoms with Gasteiger partial charge in [-0.15, -0.1) is 11.6 Å². The van der Waals surface area contributed by atoms with E-state index in [1.54, 1.807) is 0 Å². The maximum absolute atomic E-state index is 6.27. The number of ether oxygens (including phenoxy) is 1. The molecule has 0 aliphatic carbocycles. The second kappa shape index (κ2) is 5.54. The Morgan fingerprint density at radius 3 is 2.53 bits per heavy atom. The van der Waals surface area contributed by atoms with E-state index < -0.39 is 0 Å². The van der Waals surface area contributed by atoms with Crippen LogP contribution in [-0.4, -0.2) is 17.1 Å². The van der Waals surface area contributed by atoms with Crippen molar-refractivity contribution in [1.82, 2.24) is 0 Å². The van der Waals surface area contributed by atoms with Gasteiger partial charge in [0.25, 0.3) is 0 Å². The predicted octanol–water partition coefficient (Wildman–Crippen LogP) is 4.38. The largest absolute Gasteiger partial charge is 0.372 e. The zero-order valence-corrected chi connectivity index (χ0v) is 11.3. The summed E-state index contributed by atoms with van der Waals surface area (Å²) in [5, 5.41) is 0.331. The Labute approximate surface area is 99.5 Å². The fourth-order valence-corrected chi connectivity index (χ4v) is 2.76. The van der Waals surface area contributed by atoms with Gasteiger partial charge >= 0.3 is 0 Å². The zero-order valence-electron chi connectivity index (χ0n) is 10.6. The summed E-state index contributed by atoms with van der Waals surface area (Å²) in [5.74, 6) is 0.702. The van der Waals surface area contributed by atoms with Crippen LogP contribution in [0.5, 0.6) is 0 Å². The Morgan fingerprint density at radius 2 is 2.07 bits per heavy atom. The van der Waals surface area contributed by atoms with Gasteiger partial charge in [-0.1, -0.05) is 13.8 Å². The molecule has 90 valence electrons. The summed E-state index contributed by atoms with van der Waals surface area (Å²) >= 11 is 6.27. The highest BCUT2D eigenvalue weighted by Gasteiger charge is 2.31. The Bertz CT molecular complexity index is 189. The first-order chi connectivity index (χ1) is 6.89. The van der Waals surface area contributed by atoms with Crippen molar-refractivity contribution in [3.8, 4) is 0 Å². The average molecular weight is 233 g/mol. The van der Waals surface area contributed by atoms with Gasteiger partial charge in [-0.3, -0.25) is 0 Å². The van der Waals surface area contributed by atoms with Gasteiger partial charge in [0, 0.05) is 5.38 Å². The quantitative estimate of drug-likeness (QED) is 0.640. The number of hydrogen-bond acceptors (Lipinski definition) is 1. The average Bonchev–Trinajstić information content (AvgIpc) is 2.41. The summed E-state index contributed by atoms with van der Waals surface area (Å²) < 4.78 is 5.95. The lowest BCUT2D eigenvalue weighted by Crippen LogP contribution is -2.20. The molecule has 0 amide bonds. The Balaban J connectivity index is 2.15. The molecular weight excluding hydrogens is 208 g/mol. The van der Waals surface area contributed by atoms with Gasteiger partial charge in [0.2, 0.25) is 0 Å². The van der Waals surface area contributed by atoms with Gasteiger partial charge in [-0.05, 0) is 51.9 Å². The van der Waals surface area contributed by atoms with Crippen molar-refractivity contribution in [2.45, 2.75) is 76.9 Å². The Hall–Kier alpha value is 0.250. The molecule has 1 aliphatic heterocycles. The Morgan fingerprint density at radius 1 is 1.40 bits per heavy atom. The second-order valence-electron chi connectivity index (χ2n) is 5.84. The minimum atomic E-state index is 0.102. The molecule has 1 nitrogen and oxygen atoms in total. The fraction of sp³-hybridized carbons (Fsp3) is 1.00. The van der Waals surface area contributed by atoms with Gasteiger partial charge in [0.05, 0.1) is 11.7 Å². The highest BCUT2D eigenvalue weighted by Crippen LogP contribution is 2.32. The molecule has 0 aromatic carbocycles. The van der Waals surface area contributed by atoms with E-state index in [1.807, 2.05) is 0 Å². The molecule has 0 saturated carbocycles. The van der Waals surface area contributed by atoms with Crippen LogP contribution in [0.3, 0.4) is 0 Å². The first kappa shape index (κ1) is 13.3. The SMILES string of the molecule is CC(C)CC(Cl)CCC1CCC(C)(C)O1. The molecule has 1 heterocycles. The molecule has 0 spiro atoms. The summed E-state index contributed by atoms with van der Waals surface area (Å²) in [5.41, 5.74) is 0.102. The molecule has 2 heteroatoms. The molecule has 0 aromatic heterocycles. The molecule has 1 rings (SSSR count). The van der Waals surface area contributed by atoms with E-state index in [0.29, 0.717) is 17.4 Å². The minimum Gasteiger partial charge on any atom is -0.372 e. The van der Waals surface area contributed by atoms with Crippen molar-refractivity contribution in [1.29, 1.82) is 0 Å². The fourth-order valence-electron chi connectivity index (χ4n) is 2.28. The first-order valence-electron chi connectivity index (χ1n) is 6.21. The molecule has 2 unspecified atom stereocenters. The number of hydrogen-bond donors (Lipinski definition) is 0. The molecular formula is C13H25ClO. The van der Waals surface area contributed by atoms with Crippen LogP contribution in [0.15, 0.2) is 0 Å². The lowest BCUT2D eigenvalue weighted by atomic mass is 10.0. The summed E-state index contributed by atoms with van der Waals surface area (Å²) in [7, 11) is 0.